The van der Waals surface area contributed by atoms with Gasteiger partial charge < -0.3 is 24.4 Å². The number of hydrogen-bond donors (Lipinski definition) is 2. The van der Waals surface area contributed by atoms with Crippen LogP contribution in [0.1, 0.15) is 25.7 Å². The Bertz CT molecular complexity index is 531. The third-order valence-corrected chi connectivity index (χ3v) is 7.44. The van der Waals surface area contributed by atoms with Crippen LogP contribution in [0.15, 0.2) is 0 Å². The second-order valence-electron chi connectivity index (χ2n) is 6.24. The zero-order valence-electron chi connectivity index (χ0n) is 19.7. The third kappa shape index (κ3) is 28.4. The molecular weight excluding hydrogens is 561 g/mol. The predicted molar refractivity (Wildman–Crippen MR) is 145 cm³/mol. The van der Waals surface area contributed by atoms with Crippen molar-refractivity contribution in [1.82, 2.24) is 0 Å². The van der Waals surface area contributed by atoms with E-state index in [0.717, 1.165) is 41.5 Å². The zero-order valence-corrected chi connectivity index (χ0v) is 23.8. The van der Waals surface area contributed by atoms with Gasteiger partial charge in [-0.1, -0.05) is 23.5 Å². The molecule has 2 N–H and O–H groups in total. The average molecular weight is 597 g/mol. The van der Waals surface area contributed by atoms with Gasteiger partial charge in [0.15, 0.2) is 0 Å². The maximum Gasteiger partial charge on any atom is 0.307 e. The van der Waals surface area contributed by atoms with E-state index in [9.17, 15) is 14.4 Å². The molecule has 0 aliphatic heterocycles. The van der Waals surface area contributed by atoms with Crippen molar-refractivity contribution in [3.05, 3.63) is 0 Å². The molecule has 0 aromatic carbocycles. The Morgan fingerprint density at radius 3 is 1.54 bits per heavy atom. The summed E-state index contributed by atoms with van der Waals surface area (Å²) in [6.07, 6.45) is 1.74. The summed E-state index contributed by atoms with van der Waals surface area (Å²) in [5.41, 5.74) is 0. The molecule has 0 bridgehead atoms. The first-order valence-corrected chi connectivity index (χ1v) is 16.7. The molecule has 0 atom stereocenters. The highest BCUT2D eigenvalue weighted by Gasteiger charge is 2.06. The van der Waals surface area contributed by atoms with Crippen LogP contribution in [-0.4, -0.2) is 106 Å². The van der Waals surface area contributed by atoms with Gasteiger partial charge in [-0.15, -0.1) is 0 Å². The summed E-state index contributed by atoms with van der Waals surface area (Å²) in [4.78, 5) is 44.6. The van der Waals surface area contributed by atoms with Crippen LogP contribution in [0.5, 0.6) is 0 Å². The van der Waals surface area contributed by atoms with Crippen molar-refractivity contribution in [1.29, 1.82) is 0 Å². The smallest absolute Gasteiger partial charge is 0.307 e. The second kappa shape index (κ2) is 28.6. The molecule has 206 valence electrons. The molecule has 0 saturated carbocycles. The Balaban J connectivity index is 3.26. The first-order chi connectivity index (χ1) is 17.1. The maximum absolute atomic E-state index is 11.7. The lowest BCUT2D eigenvalue weighted by atomic mass is 10.5. The molecule has 35 heavy (non-hydrogen) atoms. The highest BCUT2D eigenvalue weighted by Crippen LogP contribution is 2.09. The highest BCUT2D eigenvalue weighted by molar-refractivity contribution is 8.00. The van der Waals surface area contributed by atoms with Crippen molar-refractivity contribution < 1.29 is 48.6 Å². The number of aliphatic hydroxyl groups is 2. The van der Waals surface area contributed by atoms with Crippen molar-refractivity contribution >= 4 is 76.7 Å². The van der Waals surface area contributed by atoms with E-state index in [2.05, 4.69) is 0 Å². The summed E-state index contributed by atoms with van der Waals surface area (Å²) in [7, 11) is 0. The average Bonchev–Trinajstić information content (AvgIpc) is 2.84. The Morgan fingerprint density at radius 2 is 0.971 bits per heavy atom. The summed E-state index contributed by atoms with van der Waals surface area (Å²) in [5, 5.41) is 17.2. The van der Waals surface area contributed by atoms with Crippen LogP contribution in [0.2, 0.25) is 0 Å². The first kappa shape index (κ1) is 35.0. The number of carbonyl (C=O) groups is 3. The molecule has 10 nitrogen and oxygen atoms in total. The van der Waals surface area contributed by atoms with Gasteiger partial charge >= 0.3 is 17.9 Å². The second-order valence-corrected chi connectivity index (χ2v) is 11.7. The van der Waals surface area contributed by atoms with Crippen molar-refractivity contribution in [3.8, 4) is 0 Å². The molecule has 0 heterocycles. The van der Waals surface area contributed by atoms with E-state index in [1.54, 1.807) is 23.5 Å². The Morgan fingerprint density at radius 1 is 0.514 bits per heavy atom. The standard InChI is InChI=1S/C20H36O10S5/c21-14-34-16-27-19(24)3-9-31-8-1-5-29-30-7-13-33-12-6-26-18(23)2-10-32-11-4-20(25)28-17-35-15-22/h21-22H,1-17H2. The number of thioether (sulfide) groups is 5. The molecule has 0 aromatic rings. The number of ether oxygens (including phenoxy) is 3. The molecule has 0 amide bonds. The van der Waals surface area contributed by atoms with Crippen molar-refractivity contribution in [2.75, 3.05) is 78.1 Å². The largest absolute Gasteiger partial charge is 0.465 e. The van der Waals surface area contributed by atoms with E-state index in [4.69, 9.17) is 34.2 Å². The van der Waals surface area contributed by atoms with Gasteiger partial charge in [0.1, 0.15) is 18.5 Å². The number of carbonyl (C=O) groups excluding carboxylic acids is 3. The van der Waals surface area contributed by atoms with E-state index in [0.29, 0.717) is 55.7 Å². The molecule has 0 aliphatic carbocycles. The van der Waals surface area contributed by atoms with Crippen LogP contribution in [-0.2, 0) is 38.4 Å². The topological polar surface area (TPSA) is 138 Å². The summed E-state index contributed by atoms with van der Waals surface area (Å²) in [6.45, 7) is 1.27. The van der Waals surface area contributed by atoms with E-state index in [1.165, 1.54) is 11.8 Å². The summed E-state index contributed by atoms with van der Waals surface area (Å²) in [6, 6.07) is 0. The fourth-order valence-electron chi connectivity index (χ4n) is 1.92. The van der Waals surface area contributed by atoms with Crippen molar-refractivity contribution in [2.45, 2.75) is 25.7 Å². The fourth-order valence-corrected chi connectivity index (χ4v) is 4.76. The van der Waals surface area contributed by atoms with Crippen LogP contribution >= 0.6 is 58.8 Å². The van der Waals surface area contributed by atoms with Crippen molar-refractivity contribution in [3.63, 3.8) is 0 Å². The van der Waals surface area contributed by atoms with Gasteiger partial charge in [-0.3, -0.25) is 14.4 Å². The van der Waals surface area contributed by atoms with E-state index in [1.807, 2.05) is 0 Å². The first-order valence-electron chi connectivity index (χ1n) is 10.9. The minimum Gasteiger partial charge on any atom is -0.465 e. The number of hydrogen-bond acceptors (Lipinski definition) is 15. The molecule has 0 unspecified atom stereocenters. The Hall–Kier alpha value is -0.000000000000000132. The lowest BCUT2D eigenvalue weighted by Gasteiger charge is -2.06. The van der Waals surface area contributed by atoms with E-state index >= 15 is 0 Å². The molecule has 0 radical (unpaired) electrons. The van der Waals surface area contributed by atoms with Crippen molar-refractivity contribution in [2.24, 2.45) is 0 Å². The number of esters is 3. The number of aliphatic hydroxyl groups excluding tert-OH is 2. The molecule has 0 rings (SSSR count). The monoisotopic (exact) mass is 596 g/mol. The van der Waals surface area contributed by atoms with Gasteiger partial charge in [-0.05, 0) is 12.2 Å². The SMILES string of the molecule is O=C(CCSCCC(=O)OCSCO)OCCSCCOOCCCSCCC(=O)OCSCO. The van der Waals surface area contributed by atoms with E-state index in [-0.39, 0.29) is 48.1 Å². The maximum atomic E-state index is 11.7. The van der Waals surface area contributed by atoms with Crippen LogP contribution in [0.25, 0.3) is 0 Å². The van der Waals surface area contributed by atoms with Crippen LogP contribution in [0.4, 0.5) is 0 Å². The normalized spacial score (nSPS) is 10.8. The Labute approximate surface area is 228 Å². The number of rotatable bonds is 26. The zero-order chi connectivity index (χ0) is 25.8. The molecule has 0 saturated heterocycles. The lowest BCUT2D eigenvalue weighted by molar-refractivity contribution is -0.289. The van der Waals surface area contributed by atoms with Gasteiger partial charge in [-0.2, -0.15) is 35.3 Å². The van der Waals surface area contributed by atoms with E-state index < -0.39 is 0 Å². The molecular formula is C20H36O10S5. The van der Waals surface area contributed by atoms with Crippen LogP contribution < -0.4 is 0 Å². The summed E-state index contributed by atoms with van der Waals surface area (Å²) in [5.74, 6) is 3.49. The van der Waals surface area contributed by atoms with Crippen LogP contribution in [0, 0.1) is 0 Å². The van der Waals surface area contributed by atoms with Gasteiger partial charge in [0.05, 0.1) is 44.4 Å². The summed E-state index contributed by atoms with van der Waals surface area (Å²) < 4.78 is 14.9. The van der Waals surface area contributed by atoms with Gasteiger partial charge in [0.25, 0.3) is 0 Å². The molecule has 15 heteroatoms. The minimum atomic E-state index is -0.312. The van der Waals surface area contributed by atoms with Gasteiger partial charge in [0, 0.05) is 28.8 Å². The van der Waals surface area contributed by atoms with Gasteiger partial charge in [0.2, 0.25) is 0 Å². The molecule has 0 fully saturated rings. The quantitative estimate of drug-likeness (QED) is 0.0377. The Kier molecular flexibility index (Phi) is 28.6. The predicted octanol–water partition coefficient (Wildman–Crippen LogP) is 2.61. The molecule has 0 aliphatic rings. The minimum absolute atomic E-state index is 0.0597. The summed E-state index contributed by atoms with van der Waals surface area (Å²) >= 11 is 7.01. The fraction of sp³-hybridized carbons (Fsp3) is 0.850. The van der Waals surface area contributed by atoms with Crippen LogP contribution in [0.3, 0.4) is 0 Å². The molecule has 0 spiro atoms. The van der Waals surface area contributed by atoms with Gasteiger partial charge in [-0.25, -0.2) is 9.78 Å². The highest BCUT2D eigenvalue weighted by atomic mass is 32.2. The lowest BCUT2D eigenvalue weighted by Crippen LogP contribution is -2.10. The molecule has 0 aromatic heterocycles. The third-order valence-electron chi connectivity index (χ3n) is 3.54.